The van der Waals surface area contributed by atoms with Crippen molar-refractivity contribution >= 4 is 11.3 Å². The van der Waals surface area contributed by atoms with Crippen LogP contribution in [0.4, 0.5) is 0 Å². The first-order valence-electron chi connectivity index (χ1n) is 7.61. The van der Waals surface area contributed by atoms with Crippen molar-refractivity contribution in [1.29, 1.82) is 0 Å². The Labute approximate surface area is 125 Å². The molecular formula is C15H26N2O2S. The zero-order valence-corrected chi connectivity index (χ0v) is 13.4. The van der Waals surface area contributed by atoms with E-state index in [-0.39, 0.29) is 0 Å². The summed E-state index contributed by atoms with van der Waals surface area (Å²) in [5.41, 5.74) is 1.35. The van der Waals surface area contributed by atoms with Crippen LogP contribution in [0.5, 0.6) is 0 Å². The van der Waals surface area contributed by atoms with E-state index in [4.69, 9.17) is 14.5 Å². The molecule has 1 N–H and O–H groups in total. The SMILES string of the molecule is CCCNCc1sc(CCOCCOC)nc1C1CC1. The Morgan fingerprint density at radius 1 is 1.30 bits per heavy atom. The average molecular weight is 298 g/mol. The van der Waals surface area contributed by atoms with Crippen molar-refractivity contribution < 1.29 is 9.47 Å². The van der Waals surface area contributed by atoms with Gasteiger partial charge in [-0.15, -0.1) is 11.3 Å². The molecule has 1 aliphatic rings. The molecule has 20 heavy (non-hydrogen) atoms. The molecule has 0 aromatic carbocycles. The molecule has 1 aromatic rings. The molecule has 1 aromatic heterocycles. The van der Waals surface area contributed by atoms with Gasteiger partial charge >= 0.3 is 0 Å². The normalized spacial score (nSPS) is 14.9. The van der Waals surface area contributed by atoms with Crippen LogP contribution in [-0.2, 0) is 22.4 Å². The molecule has 5 heteroatoms. The molecule has 0 spiro atoms. The first kappa shape index (κ1) is 15.9. The highest BCUT2D eigenvalue weighted by molar-refractivity contribution is 7.11. The second-order valence-corrected chi connectivity index (χ2v) is 6.39. The summed E-state index contributed by atoms with van der Waals surface area (Å²) in [6.07, 6.45) is 4.72. The predicted octanol–water partition coefficient (Wildman–Crippen LogP) is 2.73. The fourth-order valence-electron chi connectivity index (χ4n) is 2.11. The van der Waals surface area contributed by atoms with Gasteiger partial charge in [-0.2, -0.15) is 0 Å². The summed E-state index contributed by atoms with van der Waals surface area (Å²) >= 11 is 1.86. The van der Waals surface area contributed by atoms with E-state index in [1.165, 1.54) is 34.8 Å². The Balaban J connectivity index is 1.81. The maximum Gasteiger partial charge on any atom is 0.0954 e. The molecule has 4 nitrogen and oxygen atoms in total. The van der Waals surface area contributed by atoms with Crippen LogP contribution in [-0.4, -0.2) is 38.5 Å². The minimum absolute atomic E-state index is 0.664. The third kappa shape index (κ3) is 5.13. The Kier molecular flexibility index (Phi) is 6.93. The molecule has 1 fully saturated rings. The average Bonchev–Trinajstić information content (AvgIpc) is 3.21. The molecule has 2 rings (SSSR count). The molecule has 1 aliphatic carbocycles. The highest BCUT2D eigenvalue weighted by Crippen LogP contribution is 2.42. The predicted molar refractivity (Wildman–Crippen MR) is 82.5 cm³/mol. The maximum atomic E-state index is 5.53. The van der Waals surface area contributed by atoms with Gasteiger partial charge in [0.1, 0.15) is 0 Å². The molecule has 0 aliphatic heterocycles. The summed E-state index contributed by atoms with van der Waals surface area (Å²) < 4.78 is 10.5. The van der Waals surface area contributed by atoms with Crippen LogP contribution in [0.15, 0.2) is 0 Å². The summed E-state index contributed by atoms with van der Waals surface area (Å²) in [5.74, 6) is 0.729. The first-order chi connectivity index (χ1) is 9.85. The van der Waals surface area contributed by atoms with Crippen molar-refractivity contribution in [2.24, 2.45) is 0 Å². The summed E-state index contributed by atoms with van der Waals surface area (Å²) in [7, 11) is 1.70. The summed E-state index contributed by atoms with van der Waals surface area (Å²) in [5, 5.41) is 4.71. The molecule has 1 heterocycles. The van der Waals surface area contributed by atoms with Crippen molar-refractivity contribution in [2.75, 3.05) is 33.5 Å². The minimum atomic E-state index is 0.664. The lowest BCUT2D eigenvalue weighted by Gasteiger charge is -2.02. The van der Waals surface area contributed by atoms with E-state index in [2.05, 4.69) is 12.2 Å². The van der Waals surface area contributed by atoms with Crippen molar-refractivity contribution in [3.8, 4) is 0 Å². The third-order valence-electron chi connectivity index (χ3n) is 3.34. The fraction of sp³-hybridized carbons (Fsp3) is 0.800. The standard InChI is InChI=1S/C15H26N2O2S/c1-3-7-16-11-13-15(12-4-5-12)17-14(20-13)6-8-19-10-9-18-2/h12,16H,3-11H2,1-2H3. The molecule has 0 amide bonds. The van der Waals surface area contributed by atoms with E-state index in [0.717, 1.165) is 32.0 Å². The second-order valence-electron chi connectivity index (χ2n) is 5.22. The lowest BCUT2D eigenvalue weighted by atomic mass is 10.2. The molecule has 114 valence electrons. The summed E-state index contributed by atoms with van der Waals surface area (Å²) in [4.78, 5) is 6.27. The van der Waals surface area contributed by atoms with E-state index in [1.807, 2.05) is 11.3 Å². The smallest absolute Gasteiger partial charge is 0.0954 e. The number of hydrogen-bond acceptors (Lipinski definition) is 5. The van der Waals surface area contributed by atoms with Gasteiger partial charge < -0.3 is 14.8 Å². The van der Waals surface area contributed by atoms with Gasteiger partial charge in [-0.3, -0.25) is 0 Å². The van der Waals surface area contributed by atoms with Gasteiger partial charge in [-0.05, 0) is 25.8 Å². The monoisotopic (exact) mass is 298 g/mol. The van der Waals surface area contributed by atoms with Crippen LogP contribution in [0.25, 0.3) is 0 Å². The number of nitrogens with zero attached hydrogens (tertiary/aromatic N) is 1. The first-order valence-corrected chi connectivity index (χ1v) is 8.42. The molecule has 1 saturated carbocycles. The van der Waals surface area contributed by atoms with Gasteiger partial charge in [0.25, 0.3) is 0 Å². The Bertz CT molecular complexity index is 391. The van der Waals surface area contributed by atoms with Gasteiger partial charge in [0.05, 0.1) is 30.5 Å². The molecule has 0 unspecified atom stereocenters. The number of hydrogen-bond donors (Lipinski definition) is 1. The lowest BCUT2D eigenvalue weighted by molar-refractivity contribution is 0.0722. The van der Waals surface area contributed by atoms with Crippen LogP contribution in [0.3, 0.4) is 0 Å². The van der Waals surface area contributed by atoms with Crippen molar-refractivity contribution in [3.63, 3.8) is 0 Å². The van der Waals surface area contributed by atoms with Gasteiger partial charge in [0.15, 0.2) is 0 Å². The molecule has 0 bridgehead atoms. The zero-order chi connectivity index (χ0) is 14.2. The number of nitrogens with one attached hydrogen (secondary N) is 1. The highest BCUT2D eigenvalue weighted by atomic mass is 32.1. The number of rotatable bonds is 11. The van der Waals surface area contributed by atoms with Crippen LogP contribution in [0.1, 0.15) is 47.7 Å². The van der Waals surface area contributed by atoms with E-state index >= 15 is 0 Å². The summed E-state index contributed by atoms with van der Waals surface area (Å²) in [6.45, 7) is 6.33. The molecular weight excluding hydrogens is 272 g/mol. The second kappa shape index (κ2) is 8.72. The van der Waals surface area contributed by atoms with Crippen molar-refractivity contribution in [1.82, 2.24) is 10.3 Å². The molecule has 0 atom stereocenters. The fourth-order valence-corrected chi connectivity index (χ4v) is 3.21. The number of ether oxygens (including phenoxy) is 2. The van der Waals surface area contributed by atoms with Gasteiger partial charge in [-0.25, -0.2) is 4.98 Å². The Hall–Kier alpha value is -0.490. The largest absolute Gasteiger partial charge is 0.382 e. The van der Waals surface area contributed by atoms with E-state index in [1.54, 1.807) is 7.11 Å². The lowest BCUT2D eigenvalue weighted by Crippen LogP contribution is -2.13. The number of aromatic nitrogens is 1. The quantitative estimate of drug-likeness (QED) is 0.638. The van der Waals surface area contributed by atoms with Gasteiger partial charge in [0.2, 0.25) is 0 Å². The van der Waals surface area contributed by atoms with E-state index in [9.17, 15) is 0 Å². The highest BCUT2D eigenvalue weighted by Gasteiger charge is 2.29. The zero-order valence-electron chi connectivity index (χ0n) is 12.6. The molecule has 0 saturated heterocycles. The third-order valence-corrected chi connectivity index (χ3v) is 4.47. The van der Waals surface area contributed by atoms with E-state index < -0.39 is 0 Å². The van der Waals surface area contributed by atoms with Crippen LogP contribution >= 0.6 is 11.3 Å². The molecule has 0 radical (unpaired) electrons. The Morgan fingerprint density at radius 2 is 2.15 bits per heavy atom. The van der Waals surface area contributed by atoms with Crippen LogP contribution in [0, 0.1) is 0 Å². The van der Waals surface area contributed by atoms with Crippen molar-refractivity contribution in [3.05, 3.63) is 15.6 Å². The van der Waals surface area contributed by atoms with Crippen LogP contribution in [0.2, 0.25) is 0 Å². The number of thiazole rings is 1. The van der Waals surface area contributed by atoms with Crippen LogP contribution < -0.4 is 5.32 Å². The van der Waals surface area contributed by atoms with E-state index in [0.29, 0.717) is 13.2 Å². The van der Waals surface area contributed by atoms with Gasteiger partial charge in [0, 0.05) is 30.9 Å². The summed E-state index contributed by atoms with van der Waals surface area (Å²) in [6, 6.07) is 0. The topological polar surface area (TPSA) is 43.4 Å². The van der Waals surface area contributed by atoms with Crippen molar-refractivity contribution in [2.45, 2.75) is 45.1 Å². The van der Waals surface area contributed by atoms with Gasteiger partial charge in [-0.1, -0.05) is 6.92 Å². The number of methoxy groups -OCH3 is 1. The maximum absolute atomic E-state index is 5.53. The minimum Gasteiger partial charge on any atom is -0.382 e. The Morgan fingerprint density at radius 3 is 2.85 bits per heavy atom.